The van der Waals surface area contributed by atoms with Gasteiger partial charge in [-0.25, -0.2) is 4.79 Å². The molecule has 0 heterocycles. The van der Waals surface area contributed by atoms with Gasteiger partial charge in [-0.05, 0) is 50.8 Å². The Morgan fingerprint density at radius 1 is 1.28 bits per heavy atom. The van der Waals surface area contributed by atoms with Gasteiger partial charge in [0.15, 0.2) is 0 Å². The lowest BCUT2D eigenvalue weighted by Crippen LogP contribution is -2.19. The number of hydrogen-bond acceptors (Lipinski definition) is 3. The number of ether oxygens (including phenoxy) is 2. The topological polar surface area (TPSA) is 35.5 Å². The summed E-state index contributed by atoms with van der Waals surface area (Å²) in [7, 11) is 0. The van der Waals surface area contributed by atoms with Gasteiger partial charge in [-0.2, -0.15) is 0 Å². The summed E-state index contributed by atoms with van der Waals surface area (Å²) < 4.78 is 10.9. The molecule has 1 fully saturated rings. The molecule has 0 amide bonds. The van der Waals surface area contributed by atoms with E-state index in [1.165, 1.54) is 19.3 Å². The first-order chi connectivity index (χ1) is 8.79. The zero-order valence-corrected chi connectivity index (χ0v) is 10.9. The van der Waals surface area contributed by atoms with Crippen molar-refractivity contribution in [1.82, 2.24) is 0 Å². The van der Waals surface area contributed by atoms with Crippen LogP contribution in [0.25, 0.3) is 0 Å². The highest BCUT2D eigenvalue weighted by atomic mass is 16.5. The van der Waals surface area contributed by atoms with Gasteiger partial charge in [-0.3, -0.25) is 0 Å². The van der Waals surface area contributed by atoms with Crippen LogP contribution in [-0.4, -0.2) is 18.7 Å². The molecule has 0 N–H and O–H groups in total. The van der Waals surface area contributed by atoms with E-state index in [4.69, 9.17) is 9.47 Å². The standard InChI is InChI=1S/C15H20O3/c1-2-17-15(16)12-7-6-10-14(11-12)18-13-8-4-3-5-9-13/h6-7,10-11,13H,2-5,8-9H2,1H3. The molecule has 18 heavy (non-hydrogen) atoms. The molecule has 1 aromatic rings. The smallest absolute Gasteiger partial charge is 0.338 e. The molecular formula is C15H20O3. The number of carbonyl (C=O) groups excluding carboxylic acids is 1. The van der Waals surface area contributed by atoms with Gasteiger partial charge in [0.1, 0.15) is 5.75 Å². The van der Waals surface area contributed by atoms with Gasteiger partial charge in [0.05, 0.1) is 18.3 Å². The fraction of sp³-hybridized carbons (Fsp3) is 0.533. The molecular weight excluding hydrogens is 228 g/mol. The van der Waals surface area contributed by atoms with Gasteiger partial charge in [-0.1, -0.05) is 12.5 Å². The second-order valence-corrected chi connectivity index (χ2v) is 4.63. The lowest BCUT2D eigenvalue weighted by molar-refractivity contribution is 0.0525. The van der Waals surface area contributed by atoms with E-state index in [1.54, 1.807) is 19.1 Å². The number of hydrogen-bond donors (Lipinski definition) is 0. The van der Waals surface area contributed by atoms with Gasteiger partial charge in [0, 0.05) is 0 Å². The molecule has 0 aliphatic heterocycles. The maximum Gasteiger partial charge on any atom is 0.338 e. The highest BCUT2D eigenvalue weighted by Crippen LogP contribution is 2.24. The Bertz CT molecular complexity index is 394. The normalized spacial score (nSPS) is 16.3. The summed E-state index contributed by atoms with van der Waals surface area (Å²) in [5, 5.41) is 0. The SMILES string of the molecule is CCOC(=O)c1cccc(OC2CCCCC2)c1. The summed E-state index contributed by atoms with van der Waals surface area (Å²) in [6.07, 6.45) is 6.32. The van der Waals surface area contributed by atoms with Crippen LogP contribution in [0, 0.1) is 0 Å². The van der Waals surface area contributed by atoms with Crippen molar-refractivity contribution in [2.45, 2.75) is 45.1 Å². The number of esters is 1. The Hall–Kier alpha value is -1.51. The van der Waals surface area contributed by atoms with Crippen molar-refractivity contribution in [3.63, 3.8) is 0 Å². The van der Waals surface area contributed by atoms with Crippen LogP contribution in [0.3, 0.4) is 0 Å². The zero-order valence-electron chi connectivity index (χ0n) is 10.9. The predicted octanol–water partition coefficient (Wildman–Crippen LogP) is 3.57. The Morgan fingerprint density at radius 3 is 2.78 bits per heavy atom. The summed E-state index contributed by atoms with van der Waals surface area (Å²) >= 11 is 0. The minimum atomic E-state index is -0.286. The molecule has 2 rings (SSSR count). The number of benzene rings is 1. The Balaban J connectivity index is 2.00. The molecule has 98 valence electrons. The van der Waals surface area contributed by atoms with E-state index in [2.05, 4.69) is 0 Å². The van der Waals surface area contributed by atoms with Crippen LogP contribution in [0.4, 0.5) is 0 Å². The van der Waals surface area contributed by atoms with Gasteiger partial charge in [-0.15, -0.1) is 0 Å². The Kier molecular flexibility index (Phi) is 4.62. The maximum absolute atomic E-state index is 11.6. The molecule has 1 aliphatic carbocycles. The predicted molar refractivity (Wildman–Crippen MR) is 69.9 cm³/mol. The minimum absolute atomic E-state index is 0.286. The average Bonchev–Trinajstić information content (AvgIpc) is 2.40. The van der Waals surface area contributed by atoms with Crippen molar-refractivity contribution < 1.29 is 14.3 Å². The minimum Gasteiger partial charge on any atom is -0.490 e. The van der Waals surface area contributed by atoms with Crippen molar-refractivity contribution in [2.24, 2.45) is 0 Å². The van der Waals surface area contributed by atoms with Crippen LogP contribution in [0.15, 0.2) is 24.3 Å². The van der Waals surface area contributed by atoms with Crippen molar-refractivity contribution in [2.75, 3.05) is 6.61 Å². The maximum atomic E-state index is 11.6. The first kappa shape index (κ1) is 12.9. The van der Waals surface area contributed by atoms with E-state index in [0.29, 0.717) is 18.3 Å². The van der Waals surface area contributed by atoms with E-state index in [-0.39, 0.29) is 5.97 Å². The van der Waals surface area contributed by atoms with Crippen LogP contribution in [0.2, 0.25) is 0 Å². The second-order valence-electron chi connectivity index (χ2n) is 4.63. The Labute approximate surface area is 108 Å². The van der Waals surface area contributed by atoms with Crippen LogP contribution < -0.4 is 4.74 Å². The fourth-order valence-corrected chi connectivity index (χ4v) is 2.29. The monoisotopic (exact) mass is 248 g/mol. The van der Waals surface area contributed by atoms with Crippen molar-refractivity contribution >= 4 is 5.97 Å². The average molecular weight is 248 g/mol. The third-order valence-electron chi connectivity index (χ3n) is 3.20. The third-order valence-corrected chi connectivity index (χ3v) is 3.20. The molecule has 0 bridgehead atoms. The van der Waals surface area contributed by atoms with E-state index in [9.17, 15) is 4.79 Å². The first-order valence-corrected chi connectivity index (χ1v) is 6.73. The summed E-state index contributed by atoms with van der Waals surface area (Å²) in [5.41, 5.74) is 0.560. The molecule has 0 saturated heterocycles. The molecule has 1 saturated carbocycles. The summed E-state index contributed by atoms with van der Waals surface area (Å²) in [5.74, 6) is 0.485. The molecule has 1 aromatic carbocycles. The molecule has 0 radical (unpaired) electrons. The van der Waals surface area contributed by atoms with Gasteiger partial charge in [0.2, 0.25) is 0 Å². The fourth-order valence-electron chi connectivity index (χ4n) is 2.29. The Morgan fingerprint density at radius 2 is 2.06 bits per heavy atom. The first-order valence-electron chi connectivity index (χ1n) is 6.73. The molecule has 0 spiro atoms. The molecule has 0 unspecified atom stereocenters. The summed E-state index contributed by atoms with van der Waals surface area (Å²) in [6, 6.07) is 7.26. The van der Waals surface area contributed by atoms with Gasteiger partial charge < -0.3 is 9.47 Å². The largest absolute Gasteiger partial charge is 0.490 e. The molecule has 0 atom stereocenters. The summed E-state index contributed by atoms with van der Waals surface area (Å²) in [4.78, 5) is 11.6. The summed E-state index contributed by atoms with van der Waals surface area (Å²) in [6.45, 7) is 2.20. The molecule has 0 aromatic heterocycles. The third kappa shape index (κ3) is 3.49. The van der Waals surface area contributed by atoms with E-state index in [1.807, 2.05) is 12.1 Å². The van der Waals surface area contributed by atoms with Crippen molar-refractivity contribution in [3.05, 3.63) is 29.8 Å². The van der Waals surface area contributed by atoms with E-state index >= 15 is 0 Å². The van der Waals surface area contributed by atoms with E-state index < -0.39 is 0 Å². The van der Waals surface area contributed by atoms with Crippen LogP contribution in [0.5, 0.6) is 5.75 Å². The molecule has 3 heteroatoms. The second kappa shape index (κ2) is 6.43. The van der Waals surface area contributed by atoms with E-state index in [0.717, 1.165) is 18.6 Å². The van der Waals surface area contributed by atoms with Crippen LogP contribution >= 0.6 is 0 Å². The lowest BCUT2D eigenvalue weighted by Gasteiger charge is -2.23. The molecule has 3 nitrogen and oxygen atoms in total. The highest BCUT2D eigenvalue weighted by Gasteiger charge is 2.15. The quantitative estimate of drug-likeness (QED) is 0.764. The lowest BCUT2D eigenvalue weighted by atomic mass is 9.98. The van der Waals surface area contributed by atoms with Gasteiger partial charge >= 0.3 is 5.97 Å². The zero-order chi connectivity index (χ0) is 12.8. The van der Waals surface area contributed by atoms with Crippen LogP contribution in [0.1, 0.15) is 49.4 Å². The number of carbonyl (C=O) groups is 1. The van der Waals surface area contributed by atoms with Crippen LogP contribution in [-0.2, 0) is 4.74 Å². The number of rotatable bonds is 4. The van der Waals surface area contributed by atoms with Crippen molar-refractivity contribution in [1.29, 1.82) is 0 Å². The van der Waals surface area contributed by atoms with Crippen molar-refractivity contribution in [3.8, 4) is 5.75 Å². The molecule has 1 aliphatic rings. The highest BCUT2D eigenvalue weighted by molar-refractivity contribution is 5.89. The van der Waals surface area contributed by atoms with Gasteiger partial charge in [0.25, 0.3) is 0 Å².